The van der Waals surface area contributed by atoms with Gasteiger partial charge in [0.25, 0.3) is 0 Å². The highest BCUT2D eigenvalue weighted by molar-refractivity contribution is 5.91. The van der Waals surface area contributed by atoms with Crippen LogP contribution in [0.5, 0.6) is 11.5 Å². The molecule has 28 heavy (non-hydrogen) atoms. The zero-order chi connectivity index (χ0) is 20.9. The van der Waals surface area contributed by atoms with E-state index in [0.717, 1.165) is 18.4 Å². The van der Waals surface area contributed by atoms with Gasteiger partial charge in [-0.3, -0.25) is 9.69 Å². The van der Waals surface area contributed by atoms with E-state index in [2.05, 4.69) is 6.92 Å². The van der Waals surface area contributed by atoms with Gasteiger partial charge in [0.1, 0.15) is 23.1 Å². The van der Waals surface area contributed by atoms with Crippen LogP contribution in [0.1, 0.15) is 46.1 Å². The van der Waals surface area contributed by atoms with Crippen LogP contribution in [0, 0.1) is 0 Å². The van der Waals surface area contributed by atoms with E-state index in [9.17, 15) is 9.59 Å². The van der Waals surface area contributed by atoms with Crippen molar-refractivity contribution in [3.8, 4) is 11.5 Å². The van der Waals surface area contributed by atoms with Gasteiger partial charge in [0, 0.05) is 24.7 Å². The molecule has 0 N–H and O–H groups in total. The summed E-state index contributed by atoms with van der Waals surface area (Å²) in [6.45, 7) is 8.96. The summed E-state index contributed by atoms with van der Waals surface area (Å²) < 4.78 is 16.1. The fourth-order valence-corrected chi connectivity index (χ4v) is 3.06. The molecule has 1 aliphatic rings. The van der Waals surface area contributed by atoms with Crippen LogP contribution in [0.3, 0.4) is 0 Å². The first-order valence-electron chi connectivity index (χ1n) is 9.69. The van der Waals surface area contributed by atoms with Crippen molar-refractivity contribution in [1.29, 1.82) is 0 Å². The van der Waals surface area contributed by atoms with Crippen LogP contribution in [0.4, 0.5) is 4.79 Å². The van der Waals surface area contributed by atoms with Crippen LogP contribution in [-0.2, 0) is 16.1 Å². The van der Waals surface area contributed by atoms with Crippen molar-refractivity contribution in [3.63, 3.8) is 0 Å². The van der Waals surface area contributed by atoms with Gasteiger partial charge in [-0.05, 0) is 39.3 Å². The Bertz CT molecular complexity index is 699. The molecule has 1 fully saturated rings. The van der Waals surface area contributed by atoms with E-state index in [-0.39, 0.29) is 5.91 Å². The Balaban J connectivity index is 2.06. The number of likely N-dealkylation sites (tertiary alicyclic amines) is 1. The number of ether oxygens (including phenoxy) is 3. The average molecular weight is 392 g/mol. The number of carbonyl (C=O) groups excluding carboxylic acids is 2. The summed E-state index contributed by atoms with van der Waals surface area (Å²) in [5.41, 5.74) is 0.303. The minimum Gasteiger partial charge on any atom is -0.497 e. The van der Waals surface area contributed by atoms with Crippen molar-refractivity contribution >= 4 is 12.0 Å². The molecule has 0 bridgehead atoms. The number of hydrogen-bond acceptors (Lipinski definition) is 5. The van der Waals surface area contributed by atoms with E-state index in [4.69, 9.17) is 14.2 Å². The summed E-state index contributed by atoms with van der Waals surface area (Å²) in [7, 11) is 3.19. The second kappa shape index (κ2) is 9.17. The van der Waals surface area contributed by atoms with E-state index >= 15 is 0 Å². The van der Waals surface area contributed by atoms with Gasteiger partial charge in [0.2, 0.25) is 5.91 Å². The van der Waals surface area contributed by atoms with Gasteiger partial charge in [0.15, 0.2) is 0 Å². The molecular weight excluding hydrogens is 360 g/mol. The Kier molecular flexibility index (Phi) is 7.16. The molecule has 0 aliphatic carbocycles. The molecular formula is C21H32N2O5. The molecule has 156 valence electrons. The number of carbonyl (C=O) groups is 2. The lowest BCUT2D eigenvalue weighted by Crippen LogP contribution is -2.65. The van der Waals surface area contributed by atoms with E-state index in [1.165, 1.54) is 0 Å². The lowest BCUT2D eigenvalue weighted by Gasteiger charge is -2.44. The van der Waals surface area contributed by atoms with Crippen LogP contribution in [0.2, 0.25) is 0 Å². The van der Waals surface area contributed by atoms with Crippen molar-refractivity contribution in [2.24, 2.45) is 0 Å². The summed E-state index contributed by atoms with van der Waals surface area (Å²) in [4.78, 5) is 28.6. The second-order valence-electron chi connectivity index (χ2n) is 7.94. The topological polar surface area (TPSA) is 68.3 Å². The number of methoxy groups -OCH3 is 2. The Labute approximate surface area is 167 Å². The molecule has 0 radical (unpaired) electrons. The van der Waals surface area contributed by atoms with Gasteiger partial charge in [0.05, 0.1) is 20.8 Å². The monoisotopic (exact) mass is 392 g/mol. The smallest absolute Gasteiger partial charge is 0.411 e. The third kappa shape index (κ3) is 5.30. The van der Waals surface area contributed by atoms with Gasteiger partial charge in [-0.15, -0.1) is 0 Å². The molecule has 0 spiro atoms. The summed E-state index contributed by atoms with van der Waals surface area (Å²) >= 11 is 0. The zero-order valence-electron chi connectivity index (χ0n) is 17.8. The molecule has 7 nitrogen and oxygen atoms in total. The Hall–Kier alpha value is -2.44. The third-order valence-corrected chi connectivity index (χ3v) is 4.60. The van der Waals surface area contributed by atoms with E-state index < -0.39 is 17.7 Å². The van der Waals surface area contributed by atoms with E-state index in [1.807, 2.05) is 32.9 Å². The minimum atomic E-state index is -0.593. The minimum absolute atomic E-state index is 0.0696. The Morgan fingerprint density at radius 3 is 2.50 bits per heavy atom. The molecule has 0 aromatic heterocycles. The van der Waals surface area contributed by atoms with Crippen LogP contribution < -0.4 is 9.47 Å². The standard InChI is InChI=1S/C21H32N2O5/c1-7-8-11-23(20(25)28-21(2,3)4)17-14-22(19(17)24)13-15-9-10-16(26-5)12-18(15)27-6/h9-10,12,17H,7-8,11,13-14H2,1-6H3. The van der Waals surface area contributed by atoms with Gasteiger partial charge >= 0.3 is 6.09 Å². The third-order valence-electron chi connectivity index (χ3n) is 4.60. The highest BCUT2D eigenvalue weighted by atomic mass is 16.6. The van der Waals surface area contributed by atoms with Crippen molar-refractivity contribution in [2.45, 2.75) is 58.7 Å². The number of nitrogens with zero attached hydrogens (tertiary/aromatic N) is 2. The van der Waals surface area contributed by atoms with Gasteiger partial charge < -0.3 is 19.1 Å². The lowest BCUT2D eigenvalue weighted by molar-refractivity contribution is -0.151. The number of β-lactam (4-membered cyclic amide) rings is 1. The number of hydrogen-bond donors (Lipinski definition) is 0. The second-order valence-corrected chi connectivity index (χ2v) is 7.94. The highest BCUT2D eigenvalue weighted by Crippen LogP contribution is 2.29. The summed E-state index contributed by atoms with van der Waals surface area (Å²) in [6.07, 6.45) is 1.34. The Morgan fingerprint density at radius 2 is 1.96 bits per heavy atom. The van der Waals surface area contributed by atoms with E-state index in [1.54, 1.807) is 30.1 Å². The van der Waals surface area contributed by atoms with Crippen molar-refractivity contribution in [1.82, 2.24) is 9.80 Å². The first kappa shape index (κ1) is 21.9. The first-order valence-corrected chi connectivity index (χ1v) is 9.69. The van der Waals surface area contributed by atoms with Crippen LogP contribution >= 0.6 is 0 Å². The Morgan fingerprint density at radius 1 is 1.25 bits per heavy atom. The maximum atomic E-state index is 12.8. The molecule has 1 heterocycles. The zero-order valence-corrected chi connectivity index (χ0v) is 17.8. The molecule has 1 aliphatic heterocycles. The SMILES string of the molecule is CCCCN(C(=O)OC(C)(C)C)C1CN(Cc2ccc(OC)cc2OC)C1=O. The van der Waals surface area contributed by atoms with Gasteiger partial charge in [-0.25, -0.2) is 4.79 Å². The molecule has 1 aromatic carbocycles. The summed E-state index contributed by atoms with van der Waals surface area (Å²) in [5.74, 6) is 1.30. The molecule has 1 aromatic rings. The molecule has 1 atom stereocenters. The molecule has 7 heteroatoms. The molecule has 2 amide bonds. The van der Waals surface area contributed by atoms with Crippen LogP contribution in [-0.4, -0.2) is 60.8 Å². The number of rotatable bonds is 8. The average Bonchev–Trinajstić information content (AvgIpc) is 2.64. The molecule has 1 unspecified atom stereocenters. The predicted octanol–water partition coefficient (Wildman–Crippen LogP) is 3.45. The van der Waals surface area contributed by atoms with Crippen molar-refractivity contribution in [3.05, 3.63) is 23.8 Å². The lowest BCUT2D eigenvalue weighted by atomic mass is 10.0. The molecule has 0 saturated carbocycles. The van der Waals surface area contributed by atoms with Crippen LogP contribution in [0.25, 0.3) is 0 Å². The highest BCUT2D eigenvalue weighted by Gasteiger charge is 2.44. The van der Waals surface area contributed by atoms with Gasteiger partial charge in [-0.2, -0.15) is 0 Å². The maximum Gasteiger partial charge on any atom is 0.411 e. The summed E-state index contributed by atoms with van der Waals surface area (Å²) in [5, 5.41) is 0. The maximum absolute atomic E-state index is 12.8. The molecule has 2 rings (SSSR count). The molecule has 1 saturated heterocycles. The quantitative estimate of drug-likeness (QED) is 0.634. The fraction of sp³-hybridized carbons (Fsp3) is 0.619. The number of benzene rings is 1. The number of amides is 2. The van der Waals surface area contributed by atoms with E-state index in [0.29, 0.717) is 31.1 Å². The first-order chi connectivity index (χ1) is 13.2. The predicted molar refractivity (Wildman–Crippen MR) is 107 cm³/mol. The number of unbranched alkanes of at least 4 members (excludes halogenated alkanes) is 1. The van der Waals surface area contributed by atoms with Crippen LogP contribution in [0.15, 0.2) is 18.2 Å². The normalized spacial score (nSPS) is 16.4. The van der Waals surface area contributed by atoms with Gasteiger partial charge in [-0.1, -0.05) is 13.3 Å². The van der Waals surface area contributed by atoms with Crippen molar-refractivity contribution in [2.75, 3.05) is 27.3 Å². The fourth-order valence-electron chi connectivity index (χ4n) is 3.06. The summed E-state index contributed by atoms with van der Waals surface area (Å²) in [6, 6.07) is 5.06. The largest absolute Gasteiger partial charge is 0.497 e. The van der Waals surface area contributed by atoms with Crippen molar-refractivity contribution < 1.29 is 23.8 Å².